The van der Waals surface area contributed by atoms with Crippen molar-refractivity contribution in [2.45, 2.75) is 70.4 Å². The van der Waals surface area contributed by atoms with Gasteiger partial charge < -0.3 is 14.8 Å². The van der Waals surface area contributed by atoms with Gasteiger partial charge in [-0.05, 0) is 57.2 Å². The minimum Gasteiger partial charge on any atom is -0.495 e. The van der Waals surface area contributed by atoms with Crippen molar-refractivity contribution in [2.24, 2.45) is 11.8 Å². The fraction of sp³-hybridized carbons (Fsp3) is 0.636. The maximum absolute atomic E-state index is 12.7. The Labute approximate surface area is 185 Å². The molecule has 9 heteroatoms. The Bertz CT molecular complexity index is 907. The molecule has 0 saturated heterocycles. The van der Waals surface area contributed by atoms with E-state index in [0.717, 1.165) is 19.3 Å². The molecular weight excluding hydrogens is 420 g/mol. The zero-order valence-corrected chi connectivity index (χ0v) is 20.0. The van der Waals surface area contributed by atoms with Crippen molar-refractivity contribution in [2.75, 3.05) is 13.7 Å². The van der Waals surface area contributed by atoms with Crippen LogP contribution in [-0.4, -0.2) is 45.6 Å². The highest BCUT2D eigenvalue weighted by Crippen LogP contribution is 2.29. The molecule has 0 spiro atoms. The molecule has 8 nitrogen and oxygen atoms in total. The fourth-order valence-electron chi connectivity index (χ4n) is 3.72. The van der Waals surface area contributed by atoms with E-state index in [1.54, 1.807) is 20.8 Å². The summed E-state index contributed by atoms with van der Waals surface area (Å²) in [5, 5.41) is 2.94. The summed E-state index contributed by atoms with van der Waals surface area (Å²) in [4.78, 5) is 24.6. The van der Waals surface area contributed by atoms with Gasteiger partial charge in [-0.1, -0.05) is 26.7 Å². The van der Waals surface area contributed by atoms with Crippen molar-refractivity contribution in [1.82, 2.24) is 10.0 Å². The van der Waals surface area contributed by atoms with Gasteiger partial charge in [0.2, 0.25) is 10.0 Å². The van der Waals surface area contributed by atoms with Gasteiger partial charge in [0.25, 0.3) is 5.91 Å². The lowest BCUT2D eigenvalue weighted by atomic mass is 9.78. The summed E-state index contributed by atoms with van der Waals surface area (Å²) in [5.74, 6) is -0.155. The van der Waals surface area contributed by atoms with E-state index in [1.807, 2.05) is 0 Å². The molecule has 1 aliphatic carbocycles. The number of amides is 1. The van der Waals surface area contributed by atoms with Gasteiger partial charge in [-0.25, -0.2) is 17.9 Å². The van der Waals surface area contributed by atoms with E-state index >= 15 is 0 Å². The van der Waals surface area contributed by atoms with Crippen LogP contribution in [0.25, 0.3) is 0 Å². The highest BCUT2D eigenvalue weighted by Gasteiger charge is 2.29. The molecule has 1 aliphatic rings. The van der Waals surface area contributed by atoms with E-state index in [4.69, 9.17) is 9.47 Å². The molecule has 1 saturated carbocycles. The maximum atomic E-state index is 12.7. The first-order valence-electron chi connectivity index (χ1n) is 10.5. The zero-order chi connectivity index (χ0) is 23.4. The van der Waals surface area contributed by atoms with Crippen LogP contribution in [0.2, 0.25) is 0 Å². The highest BCUT2D eigenvalue weighted by molar-refractivity contribution is 7.89. The van der Waals surface area contributed by atoms with Crippen molar-refractivity contribution >= 4 is 21.9 Å². The lowest BCUT2D eigenvalue weighted by molar-refractivity contribution is -0.125. The summed E-state index contributed by atoms with van der Waals surface area (Å²) in [7, 11) is -2.59. The average Bonchev–Trinajstić information content (AvgIpc) is 2.67. The van der Waals surface area contributed by atoms with E-state index in [9.17, 15) is 18.0 Å². The number of carbonyl (C=O) groups excluding carboxylic acids is 2. The minimum absolute atomic E-state index is 0.0162. The standard InChI is InChI=1S/C22H34N2O6S/c1-14-8-7-9-17(15(14)2)23-20(25)13-30-21(26)16-10-11-18(29-6)19(12-16)31(27,28)24-22(3,4)5/h10-12,14-15,17,24H,7-9,13H2,1-6H3,(H,23,25). The Morgan fingerprint density at radius 3 is 2.45 bits per heavy atom. The van der Waals surface area contributed by atoms with Crippen molar-refractivity contribution in [3.8, 4) is 5.75 Å². The number of benzene rings is 1. The fourth-order valence-corrected chi connectivity index (χ4v) is 5.33. The second-order valence-electron chi connectivity index (χ2n) is 9.24. The SMILES string of the molecule is COc1ccc(C(=O)OCC(=O)NC2CCCC(C)C2C)cc1S(=O)(=O)NC(C)(C)C. The third-order valence-corrected chi connectivity index (χ3v) is 7.30. The van der Waals surface area contributed by atoms with Crippen LogP contribution in [0.4, 0.5) is 0 Å². The predicted octanol–water partition coefficient (Wildman–Crippen LogP) is 2.87. The van der Waals surface area contributed by atoms with Gasteiger partial charge in [0, 0.05) is 11.6 Å². The first-order chi connectivity index (χ1) is 14.3. The van der Waals surface area contributed by atoms with Crippen LogP contribution in [0.1, 0.15) is 64.2 Å². The monoisotopic (exact) mass is 454 g/mol. The summed E-state index contributed by atoms with van der Waals surface area (Å²) < 4.78 is 38.3. The predicted molar refractivity (Wildman–Crippen MR) is 117 cm³/mol. The topological polar surface area (TPSA) is 111 Å². The van der Waals surface area contributed by atoms with Gasteiger partial charge in [-0.3, -0.25) is 4.79 Å². The first kappa shape index (κ1) is 25.1. The molecule has 1 fully saturated rings. The number of rotatable bonds is 7. The summed E-state index contributed by atoms with van der Waals surface area (Å²) >= 11 is 0. The number of methoxy groups -OCH3 is 1. The second-order valence-corrected chi connectivity index (χ2v) is 10.9. The number of carbonyl (C=O) groups is 2. The number of hydrogen-bond donors (Lipinski definition) is 2. The lowest BCUT2D eigenvalue weighted by Gasteiger charge is -2.34. The molecular formula is C22H34N2O6S. The highest BCUT2D eigenvalue weighted by atomic mass is 32.2. The van der Waals surface area contributed by atoms with Crippen LogP contribution in [0.15, 0.2) is 23.1 Å². The van der Waals surface area contributed by atoms with Crippen molar-refractivity contribution in [3.63, 3.8) is 0 Å². The average molecular weight is 455 g/mol. The Hall–Kier alpha value is -2.13. The van der Waals surface area contributed by atoms with Crippen LogP contribution < -0.4 is 14.8 Å². The number of sulfonamides is 1. The molecule has 3 atom stereocenters. The summed E-state index contributed by atoms with van der Waals surface area (Å²) in [5.41, 5.74) is -0.700. The molecule has 0 heterocycles. The quantitative estimate of drug-likeness (QED) is 0.613. The summed E-state index contributed by atoms with van der Waals surface area (Å²) in [6, 6.07) is 4.05. The normalized spacial score (nSPS) is 21.9. The van der Waals surface area contributed by atoms with Gasteiger partial charge in [0.15, 0.2) is 6.61 Å². The van der Waals surface area contributed by atoms with Crippen LogP contribution in [0.5, 0.6) is 5.75 Å². The summed E-state index contributed by atoms with van der Waals surface area (Å²) in [6.45, 7) is 8.99. The Kier molecular flexibility index (Phi) is 8.10. The first-order valence-corrected chi connectivity index (χ1v) is 12.0. The molecule has 1 aromatic carbocycles. The van der Waals surface area contributed by atoms with Gasteiger partial charge in [0.1, 0.15) is 10.6 Å². The second kappa shape index (κ2) is 9.99. The third kappa shape index (κ3) is 6.93. The van der Waals surface area contributed by atoms with Crippen LogP contribution in [-0.2, 0) is 19.6 Å². The molecule has 2 rings (SSSR count). The minimum atomic E-state index is -3.94. The smallest absolute Gasteiger partial charge is 0.338 e. The van der Waals surface area contributed by atoms with E-state index in [-0.39, 0.29) is 28.2 Å². The number of ether oxygens (including phenoxy) is 2. The summed E-state index contributed by atoms with van der Waals surface area (Å²) in [6.07, 6.45) is 3.11. The van der Waals surface area contributed by atoms with Gasteiger partial charge in [0.05, 0.1) is 12.7 Å². The molecule has 31 heavy (non-hydrogen) atoms. The third-order valence-electron chi connectivity index (χ3n) is 5.52. The molecule has 1 aromatic rings. The molecule has 0 aliphatic heterocycles. The number of hydrogen-bond acceptors (Lipinski definition) is 6. The van der Waals surface area contributed by atoms with Crippen LogP contribution in [0.3, 0.4) is 0 Å². The van der Waals surface area contributed by atoms with E-state index in [2.05, 4.69) is 23.9 Å². The molecule has 3 unspecified atom stereocenters. The van der Waals surface area contributed by atoms with Gasteiger partial charge in [-0.15, -0.1) is 0 Å². The molecule has 174 valence electrons. The Morgan fingerprint density at radius 2 is 1.84 bits per heavy atom. The molecule has 0 bridgehead atoms. The maximum Gasteiger partial charge on any atom is 0.338 e. The lowest BCUT2D eigenvalue weighted by Crippen LogP contribution is -2.45. The van der Waals surface area contributed by atoms with Crippen LogP contribution >= 0.6 is 0 Å². The van der Waals surface area contributed by atoms with E-state index < -0.39 is 28.1 Å². The van der Waals surface area contributed by atoms with E-state index in [1.165, 1.54) is 25.3 Å². The largest absolute Gasteiger partial charge is 0.495 e. The number of nitrogens with one attached hydrogen (secondary N) is 2. The van der Waals surface area contributed by atoms with Crippen molar-refractivity contribution < 1.29 is 27.5 Å². The van der Waals surface area contributed by atoms with Gasteiger partial charge >= 0.3 is 5.97 Å². The molecule has 2 N–H and O–H groups in total. The Morgan fingerprint density at radius 1 is 1.16 bits per heavy atom. The van der Waals surface area contributed by atoms with Gasteiger partial charge in [-0.2, -0.15) is 0 Å². The molecule has 0 aromatic heterocycles. The molecule has 1 amide bonds. The van der Waals surface area contributed by atoms with E-state index in [0.29, 0.717) is 11.8 Å². The van der Waals surface area contributed by atoms with Crippen molar-refractivity contribution in [1.29, 1.82) is 0 Å². The molecule has 0 radical (unpaired) electrons. The van der Waals surface area contributed by atoms with Crippen LogP contribution in [0, 0.1) is 11.8 Å². The number of esters is 1. The Balaban J connectivity index is 2.07. The zero-order valence-electron chi connectivity index (χ0n) is 19.2. The van der Waals surface area contributed by atoms with Crippen molar-refractivity contribution in [3.05, 3.63) is 23.8 Å².